The summed E-state index contributed by atoms with van der Waals surface area (Å²) in [5.74, 6) is 1.95. The summed E-state index contributed by atoms with van der Waals surface area (Å²) in [6.45, 7) is 1.98. The normalized spacial score (nSPS) is 10.8. The fraction of sp³-hybridized carbons (Fsp3) is 0.143. The van der Waals surface area contributed by atoms with E-state index in [1.54, 1.807) is 19.1 Å². The van der Waals surface area contributed by atoms with Crippen molar-refractivity contribution in [3.63, 3.8) is 0 Å². The van der Waals surface area contributed by atoms with E-state index in [1.165, 1.54) is 0 Å². The lowest BCUT2D eigenvalue weighted by atomic mass is 10.1. The van der Waals surface area contributed by atoms with Crippen LogP contribution in [0.5, 0.6) is 11.5 Å². The van der Waals surface area contributed by atoms with Gasteiger partial charge in [-0.25, -0.2) is 0 Å². The minimum atomic E-state index is 0.227. The lowest BCUT2D eigenvalue weighted by Gasteiger charge is -2.05. The fourth-order valence-electron chi connectivity index (χ4n) is 1.85. The minimum absolute atomic E-state index is 0.227. The number of nitrogens with zero attached hydrogens (tertiary/aromatic N) is 2. The van der Waals surface area contributed by atoms with Crippen LogP contribution in [0.3, 0.4) is 0 Å². The van der Waals surface area contributed by atoms with Gasteiger partial charge in [-0.1, -0.05) is 17.3 Å². The lowest BCUT2D eigenvalue weighted by Crippen LogP contribution is -1.95. The lowest BCUT2D eigenvalue weighted by molar-refractivity contribution is 0.243. The van der Waals surface area contributed by atoms with Crippen LogP contribution in [0.25, 0.3) is 10.8 Å². The average molecular weight is 256 g/mol. The Morgan fingerprint density at radius 2 is 2.00 bits per heavy atom. The molecule has 0 saturated carbocycles. The number of hydrogen-bond donors (Lipinski definition) is 1. The van der Waals surface area contributed by atoms with E-state index in [2.05, 4.69) is 10.1 Å². The van der Waals surface area contributed by atoms with Crippen molar-refractivity contribution in [2.24, 2.45) is 0 Å². The Bertz CT molecular complexity index is 722. The topological polar surface area (TPSA) is 68.4 Å². The summed E-state index contributed by atoms with van der Waals surface area (Å²) in [6.07, 6.45) is 0. The number of aryl methyl sites for hydroxylation is 1. The van der Waals surface area contributed by atoms with Crippen LogP contribution in [0.2, 0.25) is 0 Å². The molecule has 0 aliphatic heterocycles. The van der Waals surface area contributed by atoms with Crippen LogP contribution in [0, 0.1) is 6.92 Å². The molecule has 0 atom stereocenters. The Balaban J connectivity index is 1.81. The zero-order valence-electron chi connectivity index (χ0n) is 10.3. The smallest absolute Gasteiger partial charge is 0.264 e. The SMILES string of the molecule is Cc1noc(COc2ccc3ccc(O)cc3c2)n1. The van der Waals surface area contributed by atoms with Gasteiger partial charge in [0.15, 0.2) is 12.4 Å². The third kappa shape index (κ3) is 2.49. The number of aromatic nitrogens is 2. The second-order valence-corrected chi connectivity index (χ2v) is 4.22. The van der Waals surface area contributed by atoms with Gasteiger partial charge in [-0.15, -0.1) is 0 Å². The Morgan fingerprint density at radius 3 is 2.79 bits per heavy atom. The van der Waals surface area contributed by atoms with Crippen molar-refractivity contribution in [1.82, 2.24) is 10.1 Å². The van der Waals surface area contributed by atoms with E-state index in [9.17, 15) is 5.11 Å². The Labute approximate surface area is 109 Å². The van der Waals surface area contributed by atoms with Crippen LogP contribution < -0.4 is 4.74 Å². The zero-order valence-corrected chi connectivity index (χ0v) is 10.3. The van der Waals surface area contributed by atoms with Gasteiger partial charge in [-0.3, -0.25) is 0 Å². The molecule has 0 bridgehead atoms. The van der Waals surface area contributed by atoms with E-state index in [0.717, 1.165) is 10.8 Å². The number of phenolic OH excluding ortho intramolecular Hbond substituents is 1. The molecule has 0 saturated heterocycles. The van der Waals surface area contributed by atoms with Crippen LogP contribution in [-0.4, -0.2) is 15.2 Å². The molecule has 0 fully saturated rings. The predicted molar refractivity (Wildman–Crippen MR) is 69.0 cm³/mol. The first-order valence-corrected chi connectivity index (χ1v) is 5.85. The highest BCUT2D eigenvalue weighted by Gasteiger charge is 2.04. The number of ether oxygens (including phenoxy) is 1. The van der Waals surface area contributed by atoms with Gasteiger partial charge < -0.3 is 14.4 Å². The molecule has 1 aromatic heterocycles. The van der Waals surface area contributed by atoms with Crippen molar-refractivity contribution in [3.8, 4) is 11.5 Å². The monoisotopic (exact) mass is 256 g/mol. The summed E-state index contributed by atoms with van der Waals surface area (Å²) in [5.41, 5.74) is 0. The summed E-state index contributed by atoms with van der Waals surface area (Å²) in [5, 5.41) is 15.1. The van der Waals surface area contributed by atoms with E-state index in [-0.39, 0.29) is 12.4 Å². The third-order valence-electron chi connectivity index (χ3n) is 2.73. The number of benzene rings is 2. The van der Waals surface area contributed by atoms with Crippen LogP contribution in [-0.2, 0) is 6.61 Å². The van der Waals surface area contributed by atoms with Gasteiger partial charge >= 0.3 is 0 Å². The summed E-state index contributed by atoms with van der Waals surface area (Å²) in [7, 11) is 0. The van der Waals surface area contributed by atoms with Crippen molar-refractivity contribution in [2.45, 2.75) is 13.5 Å². The molecule has 0 aliphatic rings. The fourth-order valence-corrected chi connectivity index (χ4v) is 1.85. The van der Waals surface area contributed by atoms with Crippen LogP contribution in [0.4, 0.5) is 0 Å². The summed E-state index contributed by atoms with van der Waals surface area (Å²) < 4.78 is 10.5. The molecule has 19 heavy (non-hydrogen) atoms. The van der Waals surface area contributed by atoms with Gasteiger partial charge in [0.2, 0.25) is 0 Å². The molecule has 3 aromatic rings. The van der Waals surface area contributed by atoms with Gasteiger partial charge in [0.05, 0.1) is 0 Å². The summed E-state index contributed by atoms with van der Waals surface area (Å²) in [6, 6.07) is 10.9. The second kappa shape index (κ2) is 4.61. The van der Waals surface area contributed by atoms with Gasteiger partial charge in [-0.05, 0) is 42.0 Å². The van der Waals surface area contributed by atoms with E-state index < -0.39 is 0 Å². The minimum Gasteiger partial charge on any atom is -0.508 e. The average Bonchev–Trinajstić information content (AvgIpc) is 2.81. The maximum atomic E-state index is 9.46. The molecule has 0 aliphatic carbocycles. The molecular weight excluding hydrogens is 244 g/mol. The van der Waals surface area contributed by atoms with Crippen molar-refractivity contribution in [2.75, 3.05) is 0 Å². The molecule has 0 radical (unpaired) electrons. The highest BCUT2D eigenvalue weighted by molar-refractivity contribution is 5.85. The van der Waals surface area contributed by atoms with Gasteiger partial charge in [0.25, 0.3) is 5.89 Å². The quantitative estimate of drug-likeness (QED) is 0.780. The number of phenols is 1. The first kappa shape index (κ1) is 11.5. The van der Waals surface area contributed by atoms with E-state index in [4.69, 9.17) is 9.26 Å². The van der Waals surface area contributed by atoms with Crippen molar-refractivity contribution in [1.29, 1.82) is 0 Å². The molecule has 5 heteroatoms. The highest BCUT2D eigenvalue weighted by atomic mass is 16.5. The molecule has 0 amide bonds. The second-order valence-electron chi connectivity index (χ2n) is 4.22. The van der Waals surface area contributed by atoms with E-state index in [1.807, 2.05) is 24.3 Å². The first-order valence-electron chi connectivity index (χ1n) is 5.85. The van der Waals surface area contributed by atoms with Crippen molar-refractivity contribution in [3.05, 3.63) is 48.1 Å². The predicted octanol–water partition coefficient (Wildman–Crippen LogP) is 2.82. The molecule has 2 aromatic carbocycles. The molecule has 1 N–H and O–H groups in total. The molecule has 96 valence electrons. The van der Waals surface area contributed by atoms with Crippen molar-refractivity contribution >= 4 is 10.8 Å². The van der Waals surface area contributed by atoms with E-state index >= 15 is 0 Å². The van der Waals surface area contributed by atoms with Gasteiger partial charge in [0.1, 0.15) is 11.5 Å². The van der Waals surface area contributed by atoms with Crippen LogP contribution >= 0.6 is 0 Å². The maximum Gasteiger partial charge on any atom is 0.264 e. The Kier molecular flexibility index (Phi) is 2.79. The molecule has 0 unspecified atom stereocenters. The summed E-state index contributed by atoms with van der Waals surface area (Å²) in [4.78, 5) is 4.06. The molecule has 0 spiro atoms. The largest absolute Gasteiger partial charge is 0.508 e. The molecule has 3 rings (SSSR count). The number of fused-ring (bicyclic) bond motifs is 1. The summed E-state index contributed by atoms with van der Waals surface area (Å²) >= 11 is 0. The molecular formula is C14H12N2O3. The van der Waals surface area contributed by atoms with Crippen molar-refractivity contribution < 1.29 is 14.4 Å². The first-order chi connectivity index (χ1) is 9.20. The number of aromatic hydroxyl groups is 1. The highest BCUT2D eigenvalue weighted by Crippen LogP contribution is 2.24. The van der Waals surface area contributed by atoms with E-state index in [0.29, 0.717) is 17.5 Å². The van der Waals surface area contributed by atoms with Crippen LogP contribution in [0.15, 0.2) is 40.9 Å². The van der Waals surface area contributed by atoms with Crippen LogP contribution in [0.1, 0.15) is 11.7 Å². The number of rotatable bonds is 3. The maximum absolute atomic E-state index is 9.46. The standard InChI is InChI=1S/C14H12N2O3/c1-9-15-14(19-16-9)8-18-13-5-3-10-2-4-12(17)6-11(10)7-13/h2-7,17H,8H2,1H3. The van der Waals surface area contributed by atoms with Gasteiger partial charge in [0, 0.05) is 0 Å². The Hall–Kier alpha value is -2.56. The number of hydrogen-bond acceptors (Lipinski definition) is 5. The zero-order chi connectivity index (χ0) is 13.2. The Morgan fingerprint density at radius 1 is 1.16 bits per heavy atom. The van der Waals surface area contributed by atoms with Gasteiger partial charge in [-0.2, -0.15) is 4.98 Å². The third-order valence-corrected chi connectivity index (χ3v) is 2.73. The molecule has 1 heterocycles. The molecule has 5 nitrogen and oxygen atoms in total.